The Kier molecular flexibility index (Phi) is 10.9. The molecule has 6 rings (SSSR count). The molecule has 0 unspecified atom stereocenters. The lowest BCUT2D eigenvalue weighted by atomic mass is 9.70. The number of amides is 5. The Labute approximate surface area is 323 Å². The lowest BCUT2D eigenvalue weighted by molar-refractivity contribution is -0.146. The Morgan fingerprint density at radius 1 is 0.870 bits per heavy atom. The smallest absolute Gasteiger partial charge is 0.315 e. The summed E-state index contributed by atoms with van der Waals surface area (Å²) in [6.07, 6.45) is 11.0. The van der Waals surface area contributed by atoms with Gasteiger partial charge in [0.25, 0.3) is 5.91 Å². The molecule has 0 radical (unpaired) electrons. The zero-order valence-corrected chi connectivity index (χ0v) is 34.9. The first kappa shape index (κ1) is 40.9. The zero-order chi connectivity index (χ0) is 39.6. The van der Waals surface area contributed by atoms with E-state index in [9.17, 15) is 27.6 Å². The van der Waals surface area contributed by atoms with Crippen LogP contribution in [0.25, 0.3) is 0 Å². The van der Waals surface area contributed by atoms with Crippen LogP contribution in [0.5, 0.6) is 0 Å². The summed E-state index contributed by atoms with van der Waals surface area (Å²) in [7, 11) is -3.64. The lowest BCUT2D eigenvalue weighted by Gasteiger charge is -2.46. The van der Waals surface area contributed by atoms with Gasteiger partial charge in [0.15, 0.2) is 9.84 Å². The summed E-state index contributed by atoms with van der Waals surface area (Å²) in [6, 6.07) is -2.36. The molecule has 6 fully saturated rings. The number of likely N-dealkylation sites (tertiary alicyclic amines) is 1. The number of Topliss-reactive ketones (excluding diaryl/α,β-unsaturated/α-hetero) is 1. The minimum Gasteiger partial charge on any atom is -0.349 e. The average molecular weight is 774 g/mol. The molecule has 1 heterocycles. The van der Waals surface area contributed by atoms with Gasteiger partial charge in [-0.2, -0.15) is 0 Å². The highest BCUT2D eigenvalue weighted by Crippen LogP contribution is 2.65. The number of rotatable bonds is 13. The standard InChI is InChI=1S/C41H67N5O7S/c1-9-27-22-41(27,32(47)34(49)42-23-26-16-17-26)44-33(48)30-29-28(38(29,6)7)24-46(30)35(50)31(39(8)18-12-10-13-19-39)43-36(51)45-40(20-14-11-15-21-40)25(2)54(52,53)37(3,4)5/h25-31H,9-24H2,1-8H3,(H,42,49)(H,44,48)(H2,43,45,51)/t25-,27-,28+,29+,30+,31-,41+/m1/s1. The highest BCUT2D eigenvalue weighted by atomic mass is 32.2. The number of hydrogen-bond acceptors (Lipinski definition) is 7. The molecule has 4 N–H and O–H groups in total. The van der Waals surface area contributed by atoms with Crippen molar-refractivity contribution in [3.05, 3.63) is 0 Å². The number of nitrogens with zero attached hydrogens (tertiary/aromatic N) is 1. The number of fused-ring (bicyclic) bond motifs is 1. The number of piperidine rings is 1. The van der Waals surface area contributed by atoms with Crippen LogP contribution in [0, 0.1) is 34.5 Å². The first-order chi connectivity index (χ1) is 25.1. The van der Waals surface area contributed by atoms with Crippen molar-refractivity contribution in [1.29, 1.82) is 0 Å². The van der Waals surface area contributed by atoms with Crippen molar-refractivity contribution in [2.24, 2.45) is 34.5 Å². The molecule has 7 atom stereocenters. The van der Waals surface area contributed by atoms with Crippen molar-refractivity contribution in [2.75, 3.05) is 13.1 Å². The van der Waals surface area contributed by atoms with Crippen LogP contribution in [0.3, 0.4) is 0 Å². The summed E-state index contributed by atoms with van der Waals surface area (Å²) in [5.41, 5.74) is -3.04. The van der Waals surface area contributed by atoms with Crippen molar-refractivity contribution in [1.82, 2.24) is 26.2 Å². The summed E-state index contributed by atoms with van der Waals surface area (Å²) in [5.74, 6) is -1.82. The molecular formula is C41H67N5O7S. The maximum absolute atomic E-state index is 15.0. The second-order valence-electron chi connectivity index (χ2n) is 19.9. The van der Waals surface area contributed by atoms with E-state index >= 15 is 4.79 Å². The molecule has 13 heteroatoms. The fraction of sp³-hybridized carbons (Fsp3) is 0.878. The Bertz CT molecular complexity index is 1620. The molecule has 0 bridgehead atoms. The summed E-state index contributed by atoms with van der Waals surface area (Å²) in [6.45, 7) is 15.8. The van der Waals surface area contributed by atoms with E-state index < -0.39 is 72.0 Å². The molecular weight excluding hydrogens is 707 g/mol. The summed E-state index contributed by atoms with van der Waals surface area (Å²) >= 11 is 0. The predicted octanol–water partition coefficient (Wildman–Crippen LogP) is 4.79. The molecule has 304 valence electrons. The second-order valence-corrected chi connectivity index (χ2v) is 22.9. The fourth-order valence-corrected chi connectivity index (χ4v) is 12.6. The molecule has 5 saturated carbocycles. The third kappa shape index (κ3) is 7.33. The van der Waals surface area contributed by atoms with Crippen LogP contribution in [0.15, 0.2) is 0 Å². The van der Waals surface area contributed by atoms with Crippen LogP contribution in [0.1, 0.15) is 145 Å². The van der Waals surface area contributed by atoms with E-state index in [-0.39, 0.29) is 29.1 Å². The van der Waals surface area contributed by atoms with Gasteiger partial charge in [-0.1, -0.05) is 72.6 Å². The third-order valence-corrected chi connectivity index (χ3v) is 18.1. The Morgan fingerprint density at radius 2 is 1.46 bits per heavy atom. The van der Waals surface area contributed by atoms with Gasteiger partial charge < -0.3 is 26.2 Å². The number of hydrogen-bond donors (Lipinski definition) is 4. The molecule has 1 saturated heterocycles. The van der Waals surface area contributed by atoms with Gasteiger partial charge in [0, 0.05) is 13.1 Å². The molecule has 5 aliphatic carbocycles. The maximum atomic E-state index is 15.0. The van der Waals surface area contributed by atoms with Gasteiger partial charge in [-0.15, -0.1) is 0 Å². The van der Waals surface area contributed by atoms with E-state index in [1.807, 2.05) is 13.8 Å². The fourth-order valence-electron chi connectivity index (χ4n) is 10.6. The molecule has 0 aromatic carbocycles. The molecule has 0 spiro atoms. The number of ketones is 1. The van der Waals surface area contributed by atoms with Gasteiger partial charge in [0.05, 0.1) is 15.5 Å². The maximum Gasteiger partial charge on any atom is 0.315 e. The lowest BCUT2D eigenvalue weighted by Crippen LogP contribution is -2.66. The highest BCUT2D eigenvalue weighted by Gasteiger charge is 2.71. The first-order valence-electron chi connectivity index (χ1n) is 20.9. The largest absolute Gasteiger partial charge is 0.349 e. The minimum absolute atomic E-state index is 0.0782. The molecule has 12 nitrogen and oxygen atoms in total. The molecule has 0 aromatic rings. The number of nitrogens with one attached hydrogen (secondary N) is 4. The van der Waals surface area contributed by atoms with Crippen LogP contribution < -0.4 is 21.3 Å². The molecule has 54 heavy (non-hydrogen) atoms. The second kappa shape index (κ2) is 14.4. The Hall–Kier alpha value is -2.70. The van der Waals surface area contributed by atoms with Crippen molar-refractivity contribution < 1.29 is 32.4 Å². The SMILES string of the molecule is CC[C@@H]1C[C@@]1(NC(=O)[C@@H]1[C@@H]2[C@H](CN1C(=O)[C@@H](NC(=O)NC1([C@@H](C)S(=O)(=O)C(C)(C)C)CCCCC1)C1(C)CCCCC1)C2(C)C)C(=O)C(=O)NCC1CC1. The van der Waals surface area contributed by atoms with Crippen molar-refractivity contribution in [2.45, 2.75) is 178 Å². The van der Waals surface area contributed by atoms with Crippen LogP contribution in [0.4, 0.5) is 4.79 Å². The summed E-state index contributed by atoms with van der Waals surface area (Å²) < 4.78 is 26.6. The van der Waals surface area contributed by atoms with Crippen LogP contribution in [-0.2, 0) is 29.0 Å². The molecule has 6 aliphatic rings. The van der Waals surface area contributed by atoms with E-state index in [2.05, 4.69) is 35.1 Å². The van der Waals surface area contributed by atoms with E-state index in [0.717, 1.165) is 64.2 Å². The average Bonchev–Trinajstić information content (AvgIpc) is 4.07. The molecule has 1 aliphatic heterocycles. The van der Waals surface area contributed by atoms with Gasteiger partial charge >= 0.3 is 6.03 Å². The first-order valence-corrected chi connectivity index (χ1v) is 22.5. The van der Waals surface area contributed by atoms with Gasteiger partial charge in [0.1, 0.15) is 17.6 Å². The van der Waals surface area contributed by atoms with Crippen molar-refractivity contribution in [3.8, 4) is 0 Å². The van der Waals surface area contributed by atoms with Gasteiger partial charge in [-0.25, -0.2) is 13.2 Å². The molecule has 5 amide bonds. The van der Waals surface area contributed by atoms with E-state index in [1.54, 1.807) is 32.6 Å². The zero-order valence-electron chi connectivity index (χ0n) is 34.1. The van der Waals surface area contributed by atoms with Crippen molar-refractivity contribution in [3.63, 3.8) is 0 Å². The van der Waals surface area contributed by atoms with Gasteiger partial charge in [-0.05, 0) is 107 Å². The van der Waals surface area contributed by atoms with E-state index in [1.165, 1.54) is 0 Å². The molecule has 0 aromatic heterocycles. The van der Waals surface area contributed by atoms with Crippen LogP contribution >= 0.6 is 0 Å². The number of sulfone groups is 1. The predicted molar refractivity (Wildman–Crippen MR) is 207 cm³/mol. The number of carbonyl (C=O) groups excluding carboxylic acids is 5. The monoisotopic (exact) mass is 773 g/mol. The van der Waals surface area contributed by atoms with Crippen molar-refractivity contribution >= 4 is 39.4 Å². The minimum atomic E-state index is -3.64. The van der Waals surface area contributed by atoms with Gasteiger partial charge in [-0.3, -0.25) is 19.2 Å². The Morgan fingerprint density at radius 3 is 2.00 bits per heavy atom. The number of carbonyl (C=O) groups is 5. The normalized spacial score (nSPS) is 32.0. The third-order valence-electron chi connectivity index (χ3n) is 15.0. The van der Waals surface area contributed by atoms with Crippen LogP contribution in [-0.4, -0.2) is 89.1 Å². The summed E-state index contributed by atoms with van der Waals surface area (Å²) in [4.78, 5) is 72.1. The topological polar surface area (TPSA) is 171 Å². The van der Waals surface area contributed by atoms with Crippen LogP contribution in [0.2, 0.25) is 0 Å². The van der Waals surface area contributed by atoms with E-state index in [4.69, 9.17) is 0 Å². The van der Waals surface area contributed by atoms with E-state index in [0.29, 0.717) is 44.7 Å². The summed E-state index contributed by atoms with van der Waals surface area (Å²) in [5, 5.41) is 11.2. The highest BCUT2D eigenvalue weighted by molar-refractivity contribution is 7.93. The quantitative estimate of drug-likeness (QED) is 0.195. The Balaban J connectivity index is 1.25. The number of urea groups is 1. The van der Waals surface area contributed by atoms with Gasteiger partial charge in [0.2, 0.25) is 17.6 Å².